The molecule has 0 bridgehead atoms. The first-order valence-corrected chi connectivity index (χ1v) is 11.0. The molecule has 0 radical (unpaired) electrons. The van der Waals surface area contributed by atoms with Crippen molar-refractivity contribution in [3.63, 3.8) is 0 Å². The van der Waals surface area contributed by atoms with E-state index in [9.17, 15) is 18.0 Å². The summed E-state index contributed by atoms with van der Waals surface area (Å²) in [5, 5.41) is 16.1. The van der Waals surface area contributed by atoms with Crippen LogP contribution in [0.4, 0.5) is 18.9 Å². The monoisotopic (exact) mass is 533 g/mol. The number of nitrogens with one attached hydrogen (secondary N) is 1. The van der Waals surface area contributed by atoms with Crippen LogP contribution in [0.15, 0.2) is 48.9 Å². The molecular formula is C24H22F3N5O6. The number of hydrogen-bond donors (Lipinski definition) is 2. The molecule has 2 N–H and O–H groups in total. The summed E-state index contributed by atoms with van der Waals surface area (Å²) in [7, 11) is 3.03. The van der Waals surface area contributed by atoms with Gasteiger partial charge in [-0.3, -0.25) is 14.5 Å². The molecule has 3 heterocycles. The standard InChI is InChI=1S/C24H22F3N5O6/c1-35-18-9-15-16(10-19(18)36-2)28-6-5-17(15)38-21-4-3-14(11-29-21)30-23(34)22-20(37-13-24(25,26)27)12-32(31-22)7-8-33/h3-6,9-12,33H,7-8,13H2,1-2H3,(H,30,34). The zero-order chi connectivity index (χ0) is 27.3. The third-order valence-electron chi connectivity index (χ3n) is 5.08. The Hall–Kier alpha value is -4.59. The lowest BCUT2D eigenvalue weighted by Crippen LogP contribution is -2.21. The maximum absolute atomic E-state index is 12.7. The number of anilines is 1. The normalized spacial score (nSPS) is 11.3. The first-order chi connectivity index (χ1) is 18.2. The zero-order valence-corrected chi connectivity index (χ0v) is 20.2. The fourth-order valence-corrected chi connectivity index (χ4v) is 3.40. The molecule has 0 spiro atoms. The van der Waals surface area contributed by atoms with Crippen molar-refractivity contribution in [3.8, 4) is 28.9 Å². The van der Waals surface area contributed by atoms with Crippen LogP contribution in [-0.2, 0) is 6.54 Å². The zero-order valence-electron chi connectivity index (χ0n) is 20.2. The number of aromatic nitrogens is 4. The number of benzene rings is 1. The quantitative estimate of drug-likeness (QED) is 0.312. The predicted molar refractivity (Wildman–Crippen MR) is 128 cm³/mol. The molecule has 4 rings (SSSR count). The summed E-state index contributed by atoms with van der Waals surface area (Å²) < 4.78 is 60.2. The Bertz CT molecular complexity index is 1430. The Morgan fingerprint density at radius 3 is 2.47 bits per heavy atom. The van der Waals surface area contributed by atoms with Gasteiger partial charge in [-0.25, -0.2) is 4.98 Å². The molecule has 0 saturated carbocycles. The lowest BCUT2D eigenvalue weighted by atomic mass is 10.2. The molecule has 0 atom stereocenters. The van der Waals surface area contributed by atoms with Crippen molar-refractivity contribution >= 4 is 22.5 Å². The number of methoxy groups -OCH3 is 2. The first-order valence-electron chi connectivity index (χ1n) is 11.0. The van der Waals surface area contributed by atoms with Gasteiger partial charge in [0.1, 0.15) is 5.75 Å². The topological polar surface area (TPSA) is 130 Å². The van der Waals surface area contributed by atoms with E-state index in [0.29, 0.717) is 28.2 Å². The third kappa shape index (κ3) is 6.21. The summed E-state index contributed by atoms with van der Waals surface area (Å²) >= 11 is 0. The lowest BCUT2D eigenvalue weighted by Gasteiger charge is -2.12. The average molecular weight is 533 g/mol. The van der Waals surface area contributed by atoms with Crippen LogP contribution in [0.2, 0.25) is 0 Å². The van der Waals surface area contributed by atoms with Crippen molar-refractivity contribution < 1.29 is 42.0 Å². The second kappa shape index (κ2) is 11.2. The number of ether oxygens (including phenoxy) is 4. The van der Waals surface area contributed by atoms with Crippen LogP contribution in [0, 0.1) is 0 Å². The summed E-state index contributed by atoms with van der Waals surface area (Å²) in [4.78, 5) is 21.2. The van der Waals surface area contributed by atoms with Crippen LogP contribution in [0.1, 0.15) is 10.5 Å². The van der Waals surface area contributed by atoms with E-state index >= 15 is 0 Å². The molecule has 0 aliphatic heterocycles. The van der Waals surface area contributed by atoms with Gasteiger partial charge < -0.3 is 29.4 Å². The number of halogens is 3. The van der Waals surface area contributed by atoms with Crippen molar-refractivity contribution in [2.75, 3.05) is 32.8 Å². The van der Waals surface area contributed by atoms with Crippen LogP contribution in [0.5, 0.6) is 28.9 Å². The van der Waals surface area contributed by atoms with Gasteiger partial charge in [-0.15, -0.1) is 0 Å². The fraction of sp³-hybridized carbons (Fsp3) is 0.250. The minimum absolute atomic E-state index is 0.0361. The number of aliphatic hydroxyl groups is 1. The SMILES string of the molecule is COc1cc2nccc(Oc3ccc(NC(=O)c4nn(CCO)cc4OCC(F)(F)F)cn3)c2cc1OC. The largest absolute Gasteiger partial charge is 0.493 e. The molecule has 1 aromatic carbocycles. The molecule has 0 aliphatic rings. The molecule has 11 nitrogen and oxygen atoms in total. The van der Waals surface area contributed by atoms with Crippen molar-refractivity contribution in [1.29, 1.82) is 0 Å². The van der Waals surface area contributed by atoms with E-state index in [1.807, 2.05) is 0 Å². The fourth-order valence-electron chi connectivity index (χ4n) is 3.40. The molecule has 4 aromatic rings. The van der Waals surface area contributed by atoms with Gasteiger partial charge in [0.25, 0.3) is 5.91 Å². The van der Waals surface area contributed by atoms with Crippen molar-refractivity contribution in [3.05, 3.63) is 54.6 Å². The maximum atomic E-state index is 12.7. The molecule has 0 unspecified atom stereocenters. The Kier molecular flexibility index (Phi) is 7.81. The summed E-state index contributed by atoms with van der Waals surface area (Å²) in [5.74, 6) is 0.445. The highest BCUT2D eigenvalue weighted by Gasteiger charge is 2.30. The smallest absolute Gasteiger partial charge is 0.422 e. The van der Waals surface area contributed by atoms with Gasteiger partial charge in [0.2, 0.25) is 5.88 Å². The molecule has 200 valence electrons. The predicted octanol–water partition coefficient (Wildman–Crippen LogP) is 3.82. The van der Waals surface area contributed by atoms with Crippen LogP contribution >= 0.6 is 0 Å². The van der Waals surface area contributed by atoms with E-state index in [0.717, 1.165) is 10.9 Å². The third-order valence-corrected chi connectivity index (χ3v) is 5.08. The average Bonchev–Trinajstić information content (AvgIpc) is 3.31. The summed E-state index contributed by atoms with van der Waals surface area (Å²) in [6, 6.07) is 8.07. The van der Waals surface area contributed by atoms with Gasteiger partial charge >= 0.3 is 6.18 Å². The number of carbonyl (C=O) groups excluding carboxylic acids is 1. The van der Waals surface area contributed by atoms with Gasteiger partial charge in [0.15, 0.2) is 29.5 Å². The minimum atomic E-state index is -4.61. The Balaban J connectivity index is 1.50. The number of amides is 1. The molecule has 38 heavy (non-hydrogen) atoms. The molecule has 0 aliphatic carbocycles. The van der Waals surface area contributed by atoms with Crippen molar-refractivity contribution in [1.82, 2.24) is 19.7 Å². The van der Waals surface area contributed by atoms with Gasteiger partial charge in [-0.05, 0) is 18.2 Å². The second-order valence-corrected chi connectivity index (χ2v) is 7.71. The number of aliphatic hydroxyl groups excluding tert-OH is 1. The van der Waals surface area contributed by atoms with Gasteiger partial charge in [-0.1, -0.05) is 0 Å². The second-order valence-electron chi connectivity index (χ2n) is 7.71. The minimum Gasteiger partial charge on any atom is -0.493 e. The van der Waals surface area contributed by atoms with E-state index in [4.69, 9.17) is 24.1 Å². The van der Waals surface area contributed by atoms with Gasteiger partial charge in [0.05, 0.1) is 51.0 Å². The van der Waals surface area contributed by atoms with Crippen LogP contribution in [-0.4, -0.2) is 64.4 Å². The summed E-state index contributed by atoms with van der Waals surface area (Å²) in [5.41, 5.74) is 0.454. The molecule has 0 fully saturated rings. The van der Waals surface area contributed by atoms with Crippen LogP contribution < -0.4 is 24.3 Å². The van der Waals surface area contributed by atoms with Gasteiger partial charge in [-0.2, -0.15) is 18.3 Å². The molecule has 3 aromatic heterocycles. The highest BCUT2D eigenvalue weighted by molar-refractivity contribution is 6.04. The summed E-state index contributed by atoms with van der Waals surface area (Å²) in [6.45, 7) is -1.97. The number of rotatable bonds is 10. The molecular weight excluding hydrogens is 511 g/mol. The van der Waals surface area contributed by atoms with Crippen LogP contribution in [0.3, 0.4) is 0 Å². The van der Waals surface area contributed by atoms with Crippen molar-refractivity contribution in [2.24, 2.45) is 0 Å². The number of carbonyl (C=O) groups is 1. The van der Waals surface area contributed by atoms with E-state index in [2.05, 4.69) is 20.4 Å². The number of nitrogens with zero attached hydrogens (tertiary/aromatic N) is 4. The Morgan fingerprint density at radius 1 is 1.05 bits per heavy atom. The molecule has 1 amide bonds. The van der Waals surface area contributed by atoms with E-state index < -0.39 is 18.7 Å². The number of hydrogen-bond acceptors (Lipinski definition) is 9. The first kappa shape index (κ1) is 26.5. The summed E-state index contributed by atoms with van der Waals surface area (Å²) in [6.07, 6.45) is -0.632. The lowest BCUT2D eigenvalue weighted by molar-refractivity contribution is -0.153. The van der Waals surface area contributed by atoms with Crippen molar-refractivity contribution in [2.45, 2.75) is 12.7 Å². The van der Waals surface area contributed by atoms with E-state index in [1.165, 1.54) is 32.5 Å². The molecule has 14 heteroatoms. The Labute approximate surface area is 213 Å². The maximum Gasteiger partial charge on any atom is 0.422 e. The molecule has 0 saturated heterocycles. The van der Waals surface area contributed by atoms with E-state index in [-0.39, 0.29) is 36.2 Å². The highest BCUT2D eigenvalue weighted by Crippen LogP contribution is 2.36. The van der Waals surface area contributed by atoms with Gasteiger partial charge in [0, 0.05) is 23.7 Å². The van der Waals surface area contributed by atoms with E-state index in [1.54, 1.807) is 24.4 Å². The van der Waals surface area contributed by atoms with Crippen LogP contribution in [0.25, 0.3) is 10.9 Å². The number of pyridine rings is 2. The highest BCUT2D eigenvalue weighted by atomic mass is 19.4. The number of alkyl halides is 3. The number of fused-ring (bicyclic) bond motifs is 1. The Morgan fingerprint density at radius 2 is 1.82 bits per heavy atom.